The maximum Gasteiger partial charge on any atom is 0.338 e. The van der Waals surface area contributed by atoms with Crippen molar-refractivity contribution in [2.24, 2.45) is 11.8 Å². The van der Waals surface area contributed by atoms with Crippen molar-refractivity contribution in [3.63, 3.8) is 0 Å². The second-order valence-corrected chi connectivity index (χ2v) is 8.13. The number of esters is 1. The summed E-state index contributed by atoms with van der Waals surface area (Å²) in [4.78, 5) is 24.4. The summed E-state index contributed by atoms with van der Waals surface area (Å²) in [7, 11) is 0. The molecule has 0 saturated heterocycles. The van der Waals surface area contributed by atoms with Crippen molar-refractivity contribution >= 4 is 11.9 Å². The molecule has 3 rings (SSSR count). The van der Waals surface area contributed by atoms with Crippen LogP contribution in [0.3, 0.4) is 0 Å². The fourth-order valence-electron chi connectivity index (χ4n) is 3.80. The second-order valence-electron chi connectivity index (χ2n) is 8.13. The largest absolute Gasteiger partial charge is 0.489 e. The number of benzene rings is 1. The summed E-state index contributed by atoms with van der Waals surface area (Å²) < 4.78 is 16.0. The van der Waals surface area contributed by atoms with Gasteiger partial charge in [0.2, 0.25) is 0 Å². The normalized spacial score (nSPS) is 21.1. The lowest BCUT2D eigenvalue weighted by Gasteiger charge is -2.34. The average molecular weight is 415 g/mol. The number of ether oxygens (including phenoxy) is 2. The highest BCUT2D eigenvalue weighted by molar-refractivity contribution is 5.91. The van der Waals surface area contributed by atoms with E-state index in [1.807, 2.05) is 13.8 Å². The van der Waals surface area contributed by atoms with Gasteiger partial charge in [-0.1, -0.05) is 31.8 Å². The molecule has 1 heterocycles. The highest BCUT2D eigenvalue weighted by atomic mass is 16.5. The summed E-state index contributed by atoms with van der Waals surface area (Å²) in [5.74, 6) is 1.57. The molecule has 1 saturated carbocycles. The van der Waals surface area contributed by atoms with Crippen molar-refractivity contribution in [2.45, 2.75) is 59.6 Å². The zero-order valence-electron chi connectivity index (χ0n) is 18.1. The van der Waals surface area contributed by atoms with Gasteiger partial charge in [-0.15, -0.1) is 0 Å². The Hall–Kier alpha value is -2.83. The molecule has 1 aliphatic carbocycles. The monoisotopic (exact) mass is 414 g/mol. The number of nitrogens with zero attached hydrogens (tertiary/aromatic N) is 1. The van der Waals surface area contributed by atoms with Crippen molar-refractivity contribution in [1.29, 1.82) is 0 Å². The van der Waals surface area contributed by atoms with Crippen molar-refractivity contribution in [2.75, 3.05) is 6.61 Å². The van der Waals surface area contributed by atoms with Crippen LogP contribution in [0.1, 0.15) is 60.5 Å². The van der Waals surface area contributed by atoms with E-state index in [2.05, 4.69) is 24.3 Å². The molecule has 0 bridgehead atoms. The van der Waals surface area contributed by atoms with Crippen molar-refractivity contribution < 1.29 is 23.6 Å². The Kier molecular flexibility index (Phi) is 7.13. The van der Waals surface area contributed by atoms with Gasteiger partial charge in [0.15, 0.2) is 6.61 Å². The minimum absolute atomic E-state index is 0.147. The molecular weight excluding hydrogens is 384 g/mol. The SMILES string of the molecule is Cc1noc(C)c1COc1ccc(C(=O)OCC(=O)N[C@H]2CCC[C@@H](C)[C@@H]2C)cc1. The van der Waals surface area contributed by atoms with Crippen LogP contribution in [0.4, 0.5) is 0 Å². The highest BCUT2D eigenvalue weighted by Gasteiger charge is 2.28. The molecule has 1 fully saturated rings. The van der Waals surface area contributed by atoms with E-state index >= 15 is 0 Å². The summed E-state index contributed by atoms with van der Waals surface area (Å²) in [6.07, 6.45) is 3.28. The van der Waals surface area contributed by atoms with E-state index in [0.717, 1.165) is 29.9 Å². The van der Waals surface area contributed by atoms with Gasteiger partial charge < -0.3 is 19.3 Å². The summed E-state index contributed by atoms with van der Waals surface area (Å²) in [5, 5.41) is 6.90. The number of carbonyl (C=O) groups excluding carboxylic acids is 2. The van der Waals surface area contributed by atoms with Gasteiger partial charge in [0, 0.05) is 6.04 Å². The lowest BCUT2D eigenvalue weighted by molar-refractivity contribution is -0.125. The van der Waals surface area contributed by atoms with E-state index in [-0.39, 0.29) is 18.6 Å². The van der Waals surface area contributed by atoms with Crippen LogP contribution in [0.2, 0.25) is 0 Å². The number of rotatable bonds is 7. The number of hydrogen-bond acceptors (Lipinski definition) is 6. The van der Waals surface area contributed by atoms with E-state index in [1.165, 1.54) is 6.42 Å². The van der Waals surface area contributed by atoms with E-state index < -0.39 is 5.97 Å². The van der Waals surface area contributed by atoms with Gasteiger partial charge in [-0.25, -0.2) is 4.79 Å². The number of amides is 1. The molecule has 1 aromatic carbocycles. The predicted molar refractivity (Wildman–Crippen MR) is 111 cm³/mol. The Balaban J connectivity index is 1.45. The Morgan fingerprint density at radius 1 is 1.17 bits per heavy atom. The highest BCUT2D eigenvalue weighted by Crippen LogP contribution is 2.29. The van der Waals surface area contributed by atoms with E-state index in [0.29, 0.717) is 29.8 Å². The molecule has 0 unspecified atom stereocenters. The maximum atomic E-state index is 12.2. The summed E-state index contributed by atoms with van der Waals surface area (Å²) in [6.45, 7) is 8.13. The predicted octanol–water partition coefficient (Wildman–Crippen LogP) is 3.97. The van der Waals surface area contributed by atoms with Crippen LogP contribution in [0.25, 0.3) is 0 Å². The summed E-state index contributed by atoms with van der Waals surface area (Å²) >= 11 is 0. The Labute approximate surface area is 177 Å². The zero-order chi connectivity index (χ0) is 21.7. The van der Waals surface area contributed by atoms with Crippen LogP contribution in [0.15, 0.2) is 28.8 Å². The van der Waals surface area contributed by atoms with Crippen LogP contribution < -0.4 is 10.1 Å². The van der Waals surface area contributed by atoms with Gasteiger partial charge in [0.1, 0.15) is 18.1 Å². The lowest BCUT2D eigenvalue weighted by Crippen LogP contribution is -2.45. The van der Waals surface area contributed by atoms with Crippen molar-refractivity contribution in [1.82, 2.24) is 10.5 Å². The number of hydrogen-bond donors (Lipinski definition) is 1. The molecule has 1 N–H and O–H groups in total. The molecule has 1 aromatic heterocycles. The van der Waals surface area contributed by atoms with Crippen LogP contribution >= 0.6 is 0 Å². The molecule has 0 aliphatic heterocycles. The molecular formula is C23H30N2O5. The van der Waals surface area contributed by atoms with Gasteiger partial charge in [0.05, 0.1) is 16.8 Å². The van der Waals surface area contributed by atoms with Crippen LogP contribution in [-0.4, -0.2) is 29.7 Å². The topological polar surface area (TPSA) is 90.7 Å². The third kappa shape index (κ3) is 5.40. The molecule has 0 spiro atoms. The first kappa shape index (κ1) is 21.9. The number of aromatic nitrogens is 1. The maximum absolute atomic E-state index is 12.2. The van der Waals surface area contributed by atoms with Gasteiger partial charge >= 0.3 is 5.97 Å². The van der Waals surface area contributed by atoms with E-state index in [1.54, 1.807) is 24.3 Å². The van der Waals surface area contributed by atoms with E-state index in [4.69, 9.17) is 14.0 Å². The molecule has 1 aliphatic rings. The van der Waals surface area contributed by atoms with Gasteiger partial charge in [0.25, 0.3) is 5.91 Å². The van der Waals surface area contributed by atoms with Gasteiger partial charge in [-0.05, 0) is 56.4 Å². The summed E-state index contributed by atoms with van der Waals surface area (Å²) in [6, 6.07) is 6.77. The van der Waals surface area contributed by atoms with Crippen LogP contribution in [0, 0.1) is 25.7 Å². The first-order chi connectivity index (χ1) is 14.3. The average Bonchev–Trinajstić information content (AvgIpc) is 3.06. The van der Waals surface area contributed by atoms with Crippen LogP contribution in [-0.2, 0) is 16.1 Å². The Morgan fingerprint density at radius 2 is 1.90 bits per heavy atom. The number of nitrogens with one attached hydrogen (secondary N) is 1. The van der Waals surface area contributed by atoms with Crippen LogP contribution in [0.5, 0.6) is 5.75 Å². The number of aryl methyl sites for hydroxylation is 2. The quantitative estimate of drug-likeness (QED) is 0.690. The molecule has 3 atom stereocenters. The molecule has 1 amide bonds. The standard InChI is InChI=1S/C23H30N2O5/c1-14-6-5-7-21(15(14)2)24-22(26)13-29-23(27)18-8-10-19(11-9-18)28-12-20-16(3)25-30-17(20)4/h8-11,14-15,21H,5-7,12-13H2,1-4H3,(H,24,26)/t14-,15+,21+/m1/s1. The molecule has 0 radical (unpaired) electrons. The number of carbonyl (C=O) groups is 2. The van der Waals surface area contributed by atoms with Gasteiger partial charge in [-0.3, -0.25) is 4.79 Å². The van der Waals surface area contributed by atoms with Gasteiger partial charge in [-0.2, -0.15) is 0 Å². The molecule has 2 aromatic rings. The minimum Gasteiger partial charge on any atom is -0.489 e. The third-order valence-corrected chi connectivity index (χ3v) is 6.04. The fourth-order valence-corrected chi connectivity index (χ4v) is 3.80. The lowest BCUT2D eigenvalue weighted by atomic mass is 9.78. The van der Waals surface area contributed by atoms with E-state index in [9.17, 15) is 9.59 Å². The molecule has 162 valence electrons. The molecule has 7 nitrogen and oxygen atoms in total. The van der Waals surface area contributed by atoms with Crippen molar-refractivity contribution in [3.05, 3.63) is 46.8 Å². The first-order valence-electron chi connectivity index (χ1n) is 10.5. The summed E-state index contributed by atoms with van der Waals surface area (Å²) in [5.41, 5.74) is 2.07. The third-order valence-electron chi connectivity index (χ3n) is 6.04. The van der Waals surface area contributed by atoms with Crippen molar-refractivity contribution in [3.8, 4) is 5.75 Å². The Bertz CT molecular complexity index is 855. The molecule has 7 heteroatoms. The first-order valence-corrected chi connectivity index (χ1v) is 10.5. The fraction of sp³-hybridized carbons (Fsp3) is 0.522. The second kappa shape index (κ2) is 9.78. The Morgan fingerprint density at radius 3 is 2.57 bits per heavy atom. The molecule has 30 heavy (non-hydrogen) atoms. The zero-order valence-corrected chi connectivity index (χ0v) is 18.1. The minimum atomic E-state index is -0.535. The smallest absolute Gasteiger partial charge is 0.338 e.